The van der Waals surface area contributed by atoms with Crippen LogP contribution in [-0.4, -0.2) is 18.1 Å². The number of halogens is 1. The second-order valence-corrected chi connectivity index (χ2v) is 2.49. The van der Waals surface area contributed by atoms with Crippen molar-refractivity contribution >= 4 is 5.97 Å². The van der Waals surface area contributed by atoms with Gasteiger partial charge in [0.25, 0.3) is 0 Å². The summed E-state index contributed by atoms with van der Waals surface area (Å²) in [4.78, 5) is 14.3. The molecule has 0 aliphatic heterocycles. The molecule has 0 fully saturated rings. The van der Waals surface area contributed by atoms with Crippen LogP contribution in [0.2, 0.25) is 0 Å². The van der Waals surface area contributed by atoms with Crippen molar-refractivity contribution in [1.29, 1.82) is 5.26 Å². The van der Waals surface area contributed by atoms with Crippen molar-refractivity contribution < 1.29 is 13.9 Å². The van der Waals surface area contributed by atoms with Crippen molar-refractivity contribution in [2.75, 3.05) is 7.11 Å². The molecule has 0 amide bonds. The van der Waals surface area contributed by atoms with Crippen LogP contribution in [0.1, 0.15) is 11.3 Å². The molecule has 0 saturated carbocycles. The molecule has 0 bridgehead atoms. The van der Waals surface area contributed by atoms with Gasteiger partial charge in [0.15, 0.2) is 0 Å². The van der Waals surface area contributed by atoms with Crippen molar-refractivity contribution in [1.82, 2.24) is 4.98 Å². The Morgan fingerprint density at radius 3 is 3.00 bits per heavy atom. The summed E-state index contributed by atoms with van der Waals surface area (Å²) in [5.74, 6) is -1.28. The quantitative estimate of drug-likeness (QED) is 0.516. The minimum absolute atomic E-state index is 0.0966. The molecule has 4 nitrogen and oxygen atoms in total. The third-order valence-corrected chi connectivity index (χ3v) is 1.60. The lowest BCUT2D eigenvalue weighted by molar-refractivity contribution is -0.139. The van der Waals surface area contributed by atoms with Gasteiger partial charge >= 0.3 is 5.97 Å². The Labute approximate surface area is 79.9 Å². The van der Waals surface area contributed by atoms with Crippen LogP contribution in [-0.2, 0) is 16.0 Å². The van der Waals surface area contributed by atoms with Crippen LogP contribution in [0.25, 0.3) is 0 Å². The van der Waals surface area contributed by atoms with E-state index in [-0.39, 0.29) is 17.7 Å². The summed E-state index contributed by atoms with van der Waals surface area (Å²) in [7, 11) is 1.22. The Morgan fingerprint density at radius 2 is 2.43 bits per heavy atom. The number of carbonyl (C=O) groups is 1. The maximum atomic E-state index is 12.7. The molecule has 0 N–H and O–H groups in total. The number of nitrogens with zero attached hydrogens (tertiary/aromatic N) is 2. The molecule has 72 valence electrons. The zero-order valence-electron chi connectivity index (χ0n) is 7.45. The summed E-state index contributed by atoms with van der Waals surface area (Å²) in [6.45, 7) is 0. The Morgan fingerprint density at radius 1 is 1.71 bits per heavy atom. The monoisotopic (exact) mass is 194 g/mol. The number of hydrogen-bond acceptors (Lipinski definition) is 4. The van der Waals surface area contributed by atoms with Gasteiger partial charge in [-0.05, 0) is 12.1 Å². The Balaban J connectivity index is 3.00. The summed E-state index contributed by atoms with van der Waals surface area (Å²) < 4.78 is 17.0. The number of esters is 1. The minimum atomic E-state index is -0.720. The van der Waals surface area contributed by atoms with Crippen LogP contribution < -0.4 is 0 Å². The van der Waals surface area contributed by atoms with Gasteiger partial charge in [0.1, 0.15) is 6.07 Å². The molecule has 0 aliphatic carbocycles. The van der Waals surface area contributed by atoms with E-state index in [1.54, 1.807) is 0 Å². The lowest BCUT2D eigenvalue weighted by atomic mass is 10.1. The van der Waals surface area contributed by atoms with Crippen LogP contribution >= 0.6 is 0 Å². The van der Waals surface area contributed by atoms with Crippen LogP contribution in [0.3, 0.4) is 0 Å². The minimum Gasteiger partial charge on any atom is -0.469 e. The van der Waals surface area contributed by atoms with Gasteiger partial charge in [-0.15, -0.1) is 0 Å². The van der Waals surface area contributed by atoms with Crippen molar-refractivity contribution in [3.8, 4) is 6.07 Å². The first-order chi connectivity index (χ1) is 6.67. The van der Waals surface area contributed by atoms with Gasteiger partial charge in [-0.3, -0.25) is 4.79 Å². The zero-order chi connectivity index (χ0) is 10.6. The third kappa shape index (κ3) is 2.26. The van der Waals surface area contributed by atoms with Gasteiger partial charge in [-0.2, -0.15) is 9.65 Å². The highest BCUT2D eigenvalue weighted by atomic mass is 19.1. The molecule has 1 heterocycles. The molecule has 0 aromatic carbocycles. The van der Waals surface area contributed by atoms with Crippen molar-refractivity contribution in [3.63, 3.8) is 0 Å². The normalized spacial score (nSPS) is 9.21. The van der Waals surface area contributed by atoms with E-state index in [1.807, 2.05) is 6.07 Å². The summed E-state index contributed by atoms with van der Waals surface area (Å²) in [5, 5.41) is 8.63. The number of nitriles is 1. The van der Waals surface area contributed by atoms with E-state index in [9.17, 15) is 9.18 Å². The van der Waals surface area contributed by atoms with Gasteiger partial charge in [-0.1, -0.05) is 0 Å². The molecule has 0 unspecified atom stereocenters. The van der Waals surface area contributed by atoms with Crippen LogP contribution in [0.15, 0.2) is 12.1 Å². The van der Waals surface area contributed by atoms with Crippen molar-refractivity contribution in [2.24, 2.45) is 0 Å². The first-order valence-electron chi connectivity index (χ1n) is 3.79. The standard InChI is InChI=1S/C9H7FN2O2/c1-14-9(13)4-7-6(5-11)2-3-8(10)12-7/h2-3H,4H2,1H3. The van der Waals surface area contributed by atoms with E-state index in [1.165, 1.54) is 13.2 Å². The fraction of sp³-hybridized carbons (Fsp3) is 0.222. The lowest BCUT2D eigenvalue weighted by Gasteiger charge is -2.01. The molecule has 1 aromatic rings. The topological polar surface area (TPSA) is 63.0 Å². The number of methoxy groups -OCH3 is 1. The van der Waals surface area contributed by atoms with Gasteiger partial charge in [0.2, 0.25) is 5.95 Å². The fourth-order valence-electron chi connectivity index (χ4n) is 0.920. The Hall–Kier alpha value is -1.96. The molecule has 1 rings (SSSR count). The van der Waals surface area contributed by atoms with Gasteiger partial charge < -0.3 is 4.74 Å². The number of hydrogen-bond donors (Lipinski definition) is 0. The zero-order valence-corrected chi connectivity index (χ0v) is 7.45. The number of rotatable bonds is 2. The Bertz CT molecular complexity index is 398. The molecular weight excluding hydrogens is 187 g/mol. The van der Waals surface area contributed by atoms with E-state index >= 15 is 0 Å². The SMILES string of the molecule is COC(=O)Cc1nc(F)ccc1C#N. The molecule has 0 spiro atoms. The fourth-order valence-corrected chi connectivity index (χ4v) is 0.920. The number of ether oxygens (including phenoxy) is 1. The van der Waals surface area contributed by atoms with Crippen molar-refractivity contribution in [3.05, 3.63) is 29.3 Å². The molecule has 5 heteroatoms. The molecule has 1 aromatic heterocycles. The predicted molar refractivity (Wildman–Crippen MR) is 44.6 cm³/mol. The summed E-state index contributed by atoms with van der Waals surface area (Å²) in [5.41, 5.74) is 0.274. The van der Waals surface area contributed by atoms with Gasteiger partial charge in [0, 0.05) is 0 Å². The van der Waals surface area contributed by atoms with E-state index < -0.39 is 11.9 Å². The second-order valence-electron chi connectivity index (χ2n) is 2.49. The lowest BCUT2D eigenvalue weighted by Crippen LogP contribution is -2.08. The van der Waals surface area contributed by atoms with Crippen molar-refractivity contribution in [2.45, 2.75) is 6.42 Å². The maximum Gasteiger partial charge on any atom is 0.311 e. The molecule has 0 atom stereocenters. The summed E-state index contributed by atoms with van der Waals surface area (Å²) in [6.07, 6.45) is -0.197. The maximum absolute atomic E-state index is 12.7. The average Bonchev–Trinajstić information content (AvgIpc) is 2.18. The largest absolute Gasteiger partial charge is 0.469 e. The van der Waals surface area contributed by atoms with Crippen LogP contribution in [0.5, 0.6) is 0 Å². The molecule has 0 aliphatic rings. The van der Waals surface area contributed by atoms with Gasteiger partial charge in [-0.25, -0.2) is 4.98 Å². The predicted octanol–water partition coefficient (Wildman–Crippen LogP) is 0.808. The first kappa shape index (κ1) is 10.1. The van der Waals surface area contributed by atoms with Gasteiger partial charge in [0.05, 0.1) is 24.8 Å². The smallest absolute Gasteiger partial charge is 0.311 e. The highest BCUT2D eigenvalue weighted by Gasteiger charge is 2.10. The number of pyridine rings is 1. The van der Waals surface area contributed by atoms with E-state index in [4.69, 9.17) is 5.26 Å². The third-order valence-electron chi connectivity index (χ3n) is 1.60. The average molecular weight is 194 g/mol. The van der Waals surface area contributed by atoms with Crippen LogP contribution in [0.4, 0.5) is 4.39 Å². The number of carbonyl (C=O) groups excluding carboxylic acids is 1. The molecule has 14 heavy (non-hydrogen) atoms. The number of aromatic nitrogens is 1. The van der Waals surface area contributed by atoms with E-state index in [0.29, 0.717) is 0 Å². The highest BCUT2D eigenvalue weighted by Crippen LogP contribution is 2.07. The van der Waals surface area contributed by atoms with E-state index in [2.05, 4.69) is 9.72 Å². The Kier molecular flexibility index (Phi) is 3.13. The molecule has 0 radical (unpaired) electrons. The second kappa shape index (κ2) is 4.33. The van der Waals surface area contributed by atoms with E-state index in [0.717, 1.165) is 6.07 Å². The summed E-state index contributed by atoms with van der Waals surface area (Å²) in [6, 6.07) is 4.16. The summed E-state index contributed by atoms with van der Waals surface area (Å²) >= 11 is 0. The molecular formula is C9H7FN2O2. The highest BCUT2D eigenvalue weighted by molar-refractivity contribution is 5.72. The first-order valence-corrected chi connectivity index (χ1v) is 3.79. The molecule has 0 saturated heterocycles. The van der Waals surface area contributed by atoms with Crippen LogP contribution in [0, 0.1) is 17.3 Å².